The number of nitrogen functional groups attached to an aromatic ring is 1. The highest BCUT2D eigenvalue weighted by Gasteiger charge is 2.20. The molecule has 21 heavy (non-hydrogen) atoms. The first kappa shape index (κ1) is 15.4. The number of ether oxygens (including phenoxy) is 1. The molecule has 0 aromatic carbocycles. The average molecular weight is 308 g/mol. The molecular formula is C14H20N4O2S. The Bertz CT molecular complexity index is 605. The first-order valence-corrected chi connectivity index (χ1v) is 7.61. The number of anilines is 2. The van der Waals surface area contributed by atoms with E-state index in [2.05, 4.69) is 10.4 Å². The van der Waals surface area contributed by atoms with Gasteiger partial charge in [-0.25, -0.2) is 0 Å². The molecule has 0 fully saturated rings. The van der Waals surface area contributed by atoms with Crippen molar-refractivity contribution in [3.8, 4) is 5.75 Å². The lowest BCUT2D eigenvalue weighted by Gasteiger charge is -2.12. The van der Waals surface area contributed by atoms with Gasteiger partial charge in [0.2, 0.25) is 0 Å². The Morgan fingerprint density at radius 3 is 2.90 bits per heavy atom. The molecule has 0 aliphatic heterocycles. The highest BCUT2D eigenvalue weighted by molar-refractivity contribution is 7.19. The van der Waals surface area contributed by atoms with E-state index in [1.165, 1.54) is 18.3 Å². The van der Waals surface area contributed by atoms with Gasteiger partial charge in [0.05, 0.1) is 23.2 Å². The minimum Gasteiger partial charge on any atom is -0.486 e. The Kier molecular flexibility index (Phi) is 4.85. The van der Waals surface area contributed by atoms with Gasteiger partial charge in [-0.1, -0.05) is 0 Å². The Morgan fingerprint density at radius 2 is 2.33 bits per heavy atom. The first-order chi connectivity index (χ1) is 9.99. The lowest BCUT2D eigenvalue weighted by molar-refractivity contribution is 0.102. The van der Waals surface area contributed by atoms with Crippen molar-refractivity contribution < 1.29 is 9.53 Å². The summed E-state index contributed by atoms with van der Waals surface area (Å²) >= 11 is 1.33. The molecule has 0 bridgehead atoms. The van der Waals surface area contributed by atoms with Crippen LogP contribution in [0.3, 0.4) is 0 Å². The van der Waals surface area contributed by atoms with E-state index in [-0.39, 0.29) is 11.9 Å². The summed E-state index contributed by atoms with van der Waals surface area (Å²) in [6.45, 7) is 6.76. The van der Waals surface area contributed by atoms with E-state index >= 15 is 0 Å². The van der Waals surface area contributed by atoms with E-state index < -0.39 is 0 Å². The molecule has 0 aliphatic carbocycles. The number of thiophene rings is 1. The zero-order chi connectivity index (χ0) is 15.4. The molecule has 0 saturated heterocycles. The van der Waals surface area contributed by atoms with Crippen LogP contribution in [0.4, 0.5) is 10.7 Å². The SMILES string of the molecule is CC(=O)c1sc(NCCn2cccn2)c(OC(C)C)c1N. The van der Waals surface area contributed by atoms with Crippen molar-refractivity contribution in [2.75, 3.05) is 17.6 Å². The van der Waals surface area contributed by atoms with Gasteiger partial charge in [-0.3, -0.25) is 9.48 Å². The Balaban J connectivity index is 2.12. The zero-order valence-corrected chi connectivity index (χ0v) is 13.2. The summed E-state index contributed by atoms with van der Waals surface area (Å²) in [6.07, 6.45) is 3.63. The third kappa shape index (κ3) is 3.75. The molecule has 2 aromatic heterocycles. The molecule has 3 N–H and O–H groups in total. The van der Waals surface area contributed by atoms with Gasteiger partial charge in [-0.15, -0.1) is 11.3 Å². The Labute approximate surface area is 127 Å². The van der Waals surface area contributed by atoms with Crippen LogP contribution in [0.15, 0.2) is 18.5 Å². The second-order valence-electron chi connectivity index (χ2n) is 4.92. The van der Waals surface area contributed by atoms with Gasteiger partial charge in [0.15, 0.2) is 11.5 Å². The van der Waals surface area contributed by atoms with Crippen molar-refractivity contribution in [2.24, 2.45) is 0 Å². The minimum absolute atomic E-state index is 0.00614. The number of carbonyl (C=O) groups is 1. The molecule has 2 rings (SSSR count). The molecule has 0 saturated carbocycles. The Morgan fingerprint density at radius 1 is 1.57 bits per heavy atom. The van der Waals surface area contributed by atoms with E-state index in [4.69, 9.17) is 10.5 Å². The van der Waals surface area contributed by atoms with Gasteiger partial charge in [-0.2, -0.15) is 5.10 Å². The maximum absolute atomic E-state index is 11.6. The number of carbonyl (C=O) groups excluding carboxylic acids is 1. The predicted molar refractivity (Wildman–Crippen MR) is 85.2 cm³/mol. The fraction of sp³-hybridized carbons (Fsp3) is 0.429. The second-order valence-corrected chi connectivity index (χ2v) is 5.94. The molecule has 114 valence electrons. The zero-order valence-electron chi connectivity index (χ0n) is 12.4. The largest absolute Gasteiger partial charge is 0.486 e. The van der Waals surface area contributed by atoms with Crippen LogP contribution in [0.5, 0.6) is 5.75 Å². The summed E-state index contributed by atoms with van der Waals surface area (Å²) in [6, 6.07) is 1.88. The van der Waals surface area contributed by atoms with Gasteiger partial charge in [0.1, 0.15) is 5.00 Å². The van der Waals surface area contributed by atoms with Gasteiger partial charge in [0.25, 0.3) is 0 Å². The van der Waals surface area contributed by atoms with Crippen LogP contribution in [0.1, 0.15) is 30.4 Å². The molecule has 0 radical (unpaired) electrons. The van der Waals surface area contributed by atoms with Crippen LogP contribution in [-0.2, 0) is 6.54 Å². The number of nitrogens with zero attached hydrogens (tertiary/aromatic N) is 2. The summed E-state index contributed by atoms with van der Waals surface area (Å²) in [4.78, 5) is 12.1. The highest BCUT2D eigenvalue weighted by atomic mass is 32.1. The Hall–Kier alpha value is -2.02. The summed E-state index contributed by atoms with van der Waals surface area (Å²) in [5.41, 5.74) is 6.45. The molecule has 7 heteroatoms. The number of nitrogens with one attached hydrogen (secondary N) is 1. The van der Waals surface area contributed by atoms with Crippen LogP contribution in [0, 0.1) is 0 Å². The van der Waals surface area contributed by atoms with Gasteiger partial charge < -0.3 is 15.8 Å². The number of aromatic nitrogens is 2. The molecule has 0 atom stereocenters. The molecule has 0 spiro atoms. The minimum atomic E-state index is -0.0498. The third-order valence-corrected chi connectivity index (χ3v) is 4.00. The lowest BCUT2D eigenvalue weighted by atomic mass is 10.3. The topological polar surface area (TPSA) is 82.2 Å². The van der Waals surface area contributed by atoms with Gasteiger partial charge >= 0.3 is 0 Å². The second kappa shape index (κ2) is 6.62. The van der Waals surface area contributed by atoms with Crippen molar-refractivity contribution in [2.45, 2.75) is 33.4 Å². The molecule has 2 heterocycles. The average Bonchev–Trinajstić information content (AvgIpc) is 3.01. The van der Waals surface area contributed by atoms with Crippen LogP contribution >= 0.6 is 11.3 Å². The van der Waals surface area contributed by atoms with E-state index in [1.54, 1.807) is 6.20 Å². The monoisotopic (exact) mass is 308 g/mol. The van der Waals surface area contributed by atoms with Gasteiger partial charge in [-0.05, 0) is 19.9 Å². The fourth-order valence-corrected chi connectivity index (χ4v) is 2.85. The first-order valence-electron chi connectivity index (χ1n) is 6.80. The quantitative estimate of drug-likeness (QED) is 0.768. The molecule has 0 unspecified atom stereocenters. The number of hydrogen-bond donors (Lipinski definition) is 2. The highest BCUT2D eigenvalue weighted by Crippen LogP contribution is 2.43. The third-order valence-electron chi connectivity index (χ3n) is 2.76. The normalized spacial score (nSPS) is 10.9. The standard InChI is InChI=1S/C14H20N4O2S/c1-9(2)20-12-11(15)13(10(3)19)21-14(12)16-6-8-18-7-4-5-17-18/h4-5,7,9,16H,6,8,15H2,1-3H3. The smallest absolute Gasteiger partial charge is 0.177 e. The van der Waals surface area contributed by atoms with Crippen molar-refractivity contribution in [1.29, 1.82) is 0 Å². The van der Waals surface area contributed by atoms with E-state index in [9.17, 15) is 4.79 Å². The fourth-order valence-electron chi connectivity index (χ4n) is 1.88. The lowest BCUT2D eigenvalue weighted by Crippen LogP contribution is -2.12. The number of nitrogens with two attached hydrogens (primary N) is 1. The van der Waals surface area contributed by atoms with E-state index in [0.29, 0.717) is 22.9 Å². The number of ketones is 1. The van der Waals surface area contributed by atoms with Crippen LogP contribution in [0.2, 0.25) is 0 Å². The number of Topliss-reactive ketones (excluding diaryl/α,β-unsaturated/α-hetero) is 1. The molecule has 6 nitrogen and oxygen atoms in total. The summed E-state index contributed by atoms with van der Waals surface area (Å²) < 4.78 is 7.58. The maximum atomic E-state index is 11.6. The van der Waals surface area contributed by atoms with Crippen molar-refractivity contribution in [1.82, 2.24) is 9.78 Å². The van der Waals surface area contributed by atoms with Crippen LogP contribution in [0.25, 0.3) is 0 Å². The molecular weight excluding hydrogens is 288 g/mol. The number of hydrogen-bond acceptors (Lipinski definition) is 6. The molecule has 2 aromatic rings. The maximum Gasteiger partial charge on any atom is 0.177 e. The van der Waals surface area contributed by atoms with Crippen molar-refractivity contribution in [3.05, 3.63) is 23.3 Å². The molecule has 0 amide bonds. The van der Waals surface area contributed by atoms with Gasteiger partial charge in [0, 0.05) is 25.9 Å². The van der Waals surface area contributed by atoms with Crippen molar-refractivity contribution >= 4 is 27.8 Å². The summed E-state index contributed by atoms with van der Waals surface area (Å²) in [7, 11) is 0. The van der Waals surface area contributed by atoms with Crippen LogP contribution in [-0.4, -0.2) is 28.2 Å². The van der Waals surface area contributed by atoms with E-state index in [0.717, 1.165) is 11.5 Å². The summed E-state index contributed by atoms with van der Waals surface area (Å²) in [5, 5.41) is 8.20. The molecule has 0 aliphatic rings. The van der Waals surface area contributed by atoms with E-state index in [1.807, 2.05) is 30.8 Å². The predicted octanol–water partition coefficient (Wildman–Crippen LogP) is 2.63. The van der Waals surface area contributed by atoms with Crippen molar-refractivity contribution in [3.63, 3.8) is 0 Å². The number of rotatable bonds is 7. The summed E-state index contributed by atoms with van der Waals surface area (Å²) in [5.74, 6) is 0.520. The van der Waals surface area contributed by atoms with Crippen LogP contribution < -0.4 is 15.8 Å².